The Bertz CT molecular complexity index is 2490. The molecule has 13 heteroatoms. The number of pyridine rings is 1. The molecule has 1 aliphatic heterocycles. The van der Waals surface area contributed by atoms with E-state index in [1.165, 1.54) is 34.9 Å². The van der Waals surface area contributed by atoms with Crippen molar-refractivity contribution in [2.45, 2.75) is 36.3 Å². The van der Waals surface area contributed by atoms with Gasteiger partial charge in [-0.1, -0.05) is 30.4 Å². The summed E-state index contributed by atoms with van der Waals surface area (Å²) in [5, 5.41) is 0.466. The van der Waals surface area contributed by atoms with Crippen molar-refractivity contribution in [3.63, 3.8) is 0 Å². The number of anilines is 1. The lowest BCUT2D eigenvalue weighted by atomic mass is 9.87. The first-order valence-corrected chi connectivity index (χ1v) is 17.9. The van der Waals surface area contributed by atoms with Crippen molar-refractivity contribution in [1.82, 2.24) is 8.96 Å². The van der Waals surface area contributed by atoms with Crippen molar-refractivity contribution in [2.75, 3.05) is 10.8 Å². The van der Waals surface area contributed by atoms with Crippen molar-refractivity contribution in [2.24, 2.45) is 0 Å². The number of hydrogen-bond acceptors (Lipinski definition) is 6. The molecule has 3 heterocycles. The van der Waals surface area contributed by atoms with Crippen LogP contribution in [0.15, 0.2) is 113 Å². The highest BCUT2D eigenvalue weighted by Crippen LogP contribution is 2.43. The van der Waals surface area contributed by atoms with Crippen LogP contribution in [0.25, 0.3) is 16.5 Å². The van der Waals surface area contributed by atoms with Gasteiger partial charge in [0.15, 0.2) is 11.6 Å². The van der Waals surface area contributed by atoms with Crippen molar-refractivity contribution in [1.29, 1.82) is 0 Å². The zero-order chi connectivity index (χ0) is 34.0. The molecule has 0 radical (unpaired) electrons. The highest BCUT2D eigenvalue weighted by Gasteiger charge is 2.44. The Morgan fingerprint density at radius 1 is 0.938 bits per heavy atom. The molecule has 7 rings (SSSR count). The number of fused-ring (bicyclic) bond motifs is 2. The third-order valence-electron chi connectivity index (χ3n) is 9.13. The van der Waals surface area contributed by atoms with E-state index in [1.54, 1.807) is 50.3 Å². The number of nitrogens with one attached hydrogen (secondary N) is 1. The fourth-order valence-electron chi connectivity index (χ4n) is 6.24. The van der Waals surface area contributed by atoms with Crippen molar-refractivity contribution >= 4 is 42.2 Å². The number of para-hydroxylation sites is 1. The Kier molecular flexibility index (Phi) is 7.44. The maximum absolute atomic E-state index is 14.7. The summed E-state index contributed by atoms with van der Waals surface area (Å²) >= 11 is 0. The third-order valence-corrected chi connectivity index (χ3v) is 13.4. The number of allylic oxidation sites excluding steroid dienone is 3. The predicted molar refractivity (Wildman–Crippen MR) is 179 cm³/mol. The Hall–Kier alpha value is -5.01. The van der Waals surface area contributed by atoms with E-state index in [0.717, 1.165) is 21.7 Å². The van der Waals surface area contributed by atoms with E-state index in [2.05, 4.69) is 4.98 Å². The largest absolute Gasteiger partial charge is 0.454 e. The molecule has 2 aromatic heterocycles. The molecule has 0 saturated carbocycles. The first-order chi connectivity index (χ1) is 22.8. The van der Waals surface area contributed by atoms with Gasteiger partial charge in [-0.15, -0.1) is 0 Å². The first-order valence-electron chi connectivity index (χ1n) is 15.0. The van der Waals surface area contributed by atoms with E-state index in [9.17, 15) is 30.4 Å². The molecule has 0 bridgehead atoms. The van der Waals surface area contributed by atoms with Gasteiger partial charge in [0.1, 0.15) is 21.8 Å². The van der Waals surface area contributed by atoms with Crippen LogP contribution in [0, 0.1) is 11.6 Å². The Morgan fingerprint density at radius 3 is 2.48 bits per heavy atom. The normalized spacial score (nSPS) is 18.0. The average Bonchev–Trinajstić information content (AvgIpc) is 3.70. The molecule has 3 aromatic carbocycles. The zero-order valence-electron chi connectivity index (χ0n) is 25.8. The molecular weight excluding hydrogens is 661 g/mol. The fraction of sp³-hybridized carbons (Fsp3) is 0.171. The number of aromatic amines is 1. The summed E-state index contributed by atoms with van der Waals surface area (Å²) in [5.41, 5.74) is 2.04. The second-order valence-corrected chi connectivity index (χ2v) is 16.0. The Morgan fingerprint density at radius 2 is 1.71 bits per heavy atom. The number of benzene rings is 3. The third kappa shape index (κ3) is 4.96. The molecule has 0 spiro atoms. The molecule has 1 aliphatic carbocycles. The number of aromatic nitrogens is 2. The van der Waals surface area contributed by atoms with Crippen LogP contribution in [0.2, 0.25) is 0 Å². The van der Waals surface area contributed by atoms with E-state index in [0.29, 0.717) is 34.7 Å². The molecule has 0 saturated heterocycles. The number of nitrogens with zero attached hydrogens (tertiary/aromatic N) is 2. The number of sulfonamides is 1. The summed E-state index contributed by atoms with van der Waals surface area (Å²) in [6, 6.07) is 17.4. The number of rotatable bonds is 7. The number of H-pyrrole nitrogens is 1. The van der Waals surface area contributed by atoms with Crippen LogP contribution < -0.4 is 14.6 Å². The van der Waals surface area contributed by atoms with Gasteiger partial charge in [0.05, 0.1) is 10.6 Å². The molecule has 0 fully saturated rings. The predicted octanol–water partition coefficient (Wildman–Crippen LogP) is 6.52. The monoisotopic (exact) mass is 689 g/mol. The minimum atomic E-state index is -4.20. The standard InChI is InChI=1S/C35H29F2N3O6S2/c1-22-19-25(11-15-35(22,2)48(44,45)40-18-14-24-12-16-38-34(41)33(24)40)28-21-27(8-10-31(28)46-32-9-7-26(36)20-29(32)37)47(42,43)39-17-13-23-5-3-4-6-30(23)39/h3-12,14,16,18-21H,13,15,17H2,1-2H3,(H,38,41). The molecule has 1 atom stereocenters. The molecule has 0 amide bonds. The van der Waals surface area contributed by atoms with Crippen LogP contribution in [0.1, 0.15) is 31.4 Å². The van der Waals surface area contributed by atoms with Gasteiger partial charge in [-0.25, -0.2) is 29.6 Å². The van der Waals surface area contributed by atoms with E-state index in [-0.39, 0.29) is 40.4 Å². The van der Waals surface area contributed by atoms with Gasteiger partial charge in [-0.05, 0) is 91.9 Å². The molecule has 246 valence electrons. The van der Waals surface area contributed by atoms with Gasteiger partial charge in [0.25, 0.3) is 15.6 Å². The number of ether oxygens (including phenoxy) is 1. The van der Waals surface area contributed by atoms with Crippen molar-refractivity contribution < 1.29 is 30.4 Å². The molecule has 1 N–H and O–H groups in total. The minimum absolute atomic E-state index is 0.000272. The van der Waals surface area contributed by atoms with Crippen LogP contribution in [-0.4, -0.2) is 37.1 Å². The van der Waals surface area contributed by atoms with Gasteiger partial charge < -0.3 is 9.72 Å². The van der Waals surface area contributed by atoms with Crippen LogP contribution in [0.3, 0.4) is 0 Å². The van der Waals surface area contributed by atoms with Gasteiger partial charge >= 0.3 is 0 Å². The topological polar surface area (TPSA) is 119 Å². The summed E-state index contributed by atoms with van der Waals surface area (Å²) in [5.74, 6) is -1.95. The first kappa shape index (κ1) is 31.6. The zero-order valence-corrected chi connectivity index (χ0v) is 27.4. The summed E-state index contributed by atoms with van der Waals surface area (Å²) in [4.78, 5) is 15.1. The fourth-order valence-corrected chi connectivity index (χ4v) is 9.61. The number of halogens is 2. The van der Waals surface area contributed by atoms with E-state index >= 15 is 0 Å². The maximum atomic E-state index is 14.7. The molecule has 5 aromatic rings. The SMILES string of the molecule is CC1=CC(c2cc(S(=O)(=O)N3CCc4ccccc43)ccc2Oc2ccc(F)cc2F)=CCC1(C)S(=O)(=O)n1ccc2cc[nH]c(=O)c21. The summed E-state index contributed by atoms with van der Waals surface area (Å²) in [6.45, 7) is 3.45. The Labute approximate surface area is 275 Å². The molecular formula is C35H29F2N3O6S2. The summed E-state index contributed by atoms with van der Waals surface area (Å²) in [7, 11) is -8.25. The molecule has 9 nitrogen and oxygen atoms in total. The van der Waals surface area contributed by atoms with Gasteiger partial charge in [-0.3, -0.25) is 9.10 Å². The van der Waals surface area contributed by atoms with Gasteiger partial charge in [-0.2, -0.15) is 0 Å². The van der Waals surface area contributed by atoms with E-state index < -0.39 is 42.0 Å². The van der Waals surface area contributed by atoms with Crippen LogP contribution in [-0.2, 0) is 26.5 Å². The summed E-state index contributed by atoms with van der Waals surface area (Å²) < 4.78 is 91.4. The van der Waals surface area contributed by atoms with E-state index in [1.807, 2.05) is 12.1 Å². The van der Waals surface area contributed by atoms with Gasteiger partial charge in [0, 0.05) is 36.0 Å². The van der Waals surface area contributed by atoms with Crippen molar-refractivity contribution in [3.05, 3.63) is 136 Å². The second-order valence-electron chi connectivity index (χ2n) is 11.9. The van der Waals surface area contributed by atoms with Gasteiger partial charge in [0.2, 0.25) is 10.0 Å². The lowest BCUT2D eigenvalue weighted by Crippen LogP contribution is -2.41. The number of hydrogen-bond donors (Lipinski definition) is 1. The van der Waals surface area contributed by atoms with Crippen LogP contribution in [0.5, 0.6) is 11.5 Å². The lowest BCUT2D eigenvalue weighted by Gasteiger charge is -2.33. The van der Waals surface area contributed by atoms with Crippen molar-refractivity contribution in [3.8, 4) is 11.5 Å². The lowest BCUT2D eigenvalue weighted by molar-refractivity contribution is 0.436. The highest BCUT2D eigenvalue weighted by molar-refractivity contribution is 7.93. The smallest absolute Gasteiger partial charge is 0.273 e. The molecule has 2 aliphatic rings. The molecule has 48 heavy (non-hydrogen) atoms. The average molecular weight is 690 g/mol. The molecule has 1 unspecified atom stereocenters. The summed E-state index contributed by atoms with van der Waals surface area (Å²) in [6.07, 6.45) is 6.56. The van der Waals surface area contributed by atoms with Crippen LogP contribution >= 0.6 is 0 Å². The van der Waals surface area contributed by atoms with E-state index in [4.69, 9.17) is 4.74 Å². The second kappa shape index (κ2) is 11.3. The maximum Gasteiger partial charge on any atom is 0.273 e. The van der Waals surface area contributed by atoms with Crippen LogP contribution in [0.4, 0.5) is 14.5 Å². The Balaban J connectivity index is 1.32. The quantitative estimate of drug-likeness (QED) is 0.208. The highest BCUT2D eigenvalue weighted by atomic mass is 32.2. The minimum Gasteiger partial charge on any atom is -0.454 e.